The maximum Gasteiger partial charge on any atom is 0.0702 e. The van der Waals surface area contributed by atoms with E-state index >= 15 is 0 Å². The van der Waals surface area contributed by atoms with Gasteiger partial charge in [-0.15, -0.1) is 0 Å². The Morgan fingerprint density at radius 2 is 2.06 bits per heavy atom. The Bertz CT molecular complexity index is 195. The van der Waals surface area contributed by atoms with Crippen molar-refractivity contribution >= 4 is 0 Å². The van der Waals surface area contributed by atoms with Crippen LogP contribution >= 0.6 is 0 Å². The maximum atomic E-state index is 8.96. The van der Waals surface area contributed by atoms with Gasteiger partial charge in [-0.05, 0) is 31.1 Å². The number of nitrogens with zero attached hydrogens (tertiary/aromatic N) is 1. The second-order valence-corrected chi connectivity index (χ2v) is 6.36. The molecule has 102 valence electrons. The van der Waals surface area contributed by atoms with E-state index in [-0.39, 0.29) is 6.61 Å². The molecule has 17 heavy (non-hydrogen) atoms. The average molecular weight is 243 g/mol. The van der Waals surface area contributed by atoms with E-state index in [9.17, 15) is 0 Å². The van der Waals surface area contributed by atoms with Crippen molar-refractivity contribution in [2.75, 3.05) is 32.8 Å². The van der Waals surface area contributed by atoms with Crippen molar-refractivity contribution in [2.24, 2.45) is 5.41 Å². The third-order valence-electron chi connectivity index (χ3n) is 3.07. The van der Waals surface area contributed by atoms with E-state index in [2.05, 4.69) is 25.7 Å². The molecular formula is C14H29NO2. The Hall–Kier alpha value is -0.120. The summed E-state index contributed by atoms with van der Waals surface area (Å²) >= 11 is 0. The second kappa shape index (κ2) is 7.34. The average Bonchev–Trinajstić information content (AvgIpc) is 2.25. The molecule has 3 heteroatoms. The van der Waals surface area contributed by atoms with Crippen molar-refractivity contribution in [2.45, 2.75) is 52.6 Å². The fraction of sp³-hybridized carbons (Fsp3) is 1.00. The van der Waals surface area contributed by atoms with Crippen LogP contribution < -0.4 is 0 Å². The van der Waals surface area contributed by atoms with E-state index in [1.54, 1.807) is 0 Å². The zero-order chi connectivity index (χ0) is 12.7. The van der Waals surface area contributed by atoms with Crippen LogP contribution in [0.4, 0.5) is 0 Å². The van der Waals surface area contributed by atoms with Gasteiger partial charge in [-0.1, -0.05) is 20.8 Å². The van der Waals surface area contributed by atoms with E-state index in [0.717, 1.165) is 32.7 Å². The van der Waals surface area contributed by atoms with Crippen molar-refractivity contribution in [1.82, 2.24) is 4.90 Å². The topological polar surface area (TPSA) is 32.7 Å². The van der Waals surface area contributed by atoms with E-state index in [1.807, 2.05) is 0 Å². The molecule has 0 aromatic rings. The standard InChI is InChI=1S/C14H29NO2/c1-14(2,3)12-15(8-6-9-16)11-13-7-4-5-10-17-13/h13,16H,4-12H2,1-3H3. The highest BCUT2D eigenvalue weighted by Crippen LogP contribution is 2.19. The van der Waals surface area contributed by atoms with Gasteiger partial charge in [0.2, 0.25) is 0 Å². The Morgan fingerprint density at radius 3 is 2.59 bits per heavy atom. The third-order valence-corrected chi connectivity index (χ3v) is 3.07. The first-order chi connectivity index (χ1) is 8.01. The summed E-state index contributed by atoms with van der Waals surface area (Å²) in [7, 11) is 0. The molecule has 0 aromatic carbocycles. The Labute approximate surface area is 106 Å². The molecule has 0 aromatic heterocycles. The second-order valence-electron chi connectivity index (χ2n) is 6.36. The summed E-state index contributed by atoms with van der Waals surface area (Å²) in [6.07, 6.45) is 4.98. The minimum Gasteiger partial charge on any atom is -0.396 e. The summed E-state index contributed by atoms with van der Waals surface area (Å²) in [6, 6.07) is 0. The number of aliphatic hydroxyl groups excluding tert-OH is 1. The molecule has 1 N–H and O–H groups in total. The molecule has 0 spiro atoms. The third kappa shape index (κ3) is 7.02. The first-order valence-electron chi connectivity index (χ1n) is 6.96. The van der Waals surface area contributed by atoms with E-state index in [4.69, 9.17) is 9.84 Å². The van der Waals surface area contributed by atoms with Crippen LogP contribution in [0.25, 0.3) is 0 Å². The molecule has 1 atom stereocenters. The minimum absolute atomic E-state index is 0.284. The van der Waals surface area contributed by atoms with Crippen LogP contribution in [0.3, 0.4) is 0 Å². The predicted molar refractivity (Wildman–Crippen MR) is 71.2 cm³/mol. The zero-order valence-corrected chi connectivity index (χ0v) is 11.7. The van der Waals surface area contributed by atoms with Crippen LogP contribution in [-0.4, -0.2) is 49.0 Å². The molecule has 0 amide bonds. The number of ether oxygens (including phenoxy) is 1. The largest absolute Gasteiger partial charge is 0.396 e. The van der Waals surface area contributed by atoms with Gasteiger partial charge < -0.3 is 14.7 Å². The normalized spacial score (nSPS) is 22.1. The molecule has 1 unspecified atom stereocenters. The van der Waals surface area contributed by atoms with Gasteiger partial charge in [-0.2, -0.15) is 0 Å². The number of aliphatic hydroxyl groups is 1. The number of hydrogen-bond donors (Lipinski definition) is 1. The minimum atomic E-state index is 0.284. The van der Waals surface area contributed by atoms with Crippen LogP contribution in [0.15, 0.2) is 0 Å². The van der Waals surface area contributed by atoms with Crippen molar-refractivity contribution < 1.29 is 9.84 Å². The Kier molecular flexibility index (Phi) is 6.45. The summed E-state index contributed by atoms with van der Waals surface area (Å²) < 4.78 is 5.80. The Balaban J connectivity index is 2.38. The summed E-state index contributed by atoms with van der Waals surface area (Å²) in [5.41, 5.74) is 0.310. The van der Waals surface area contributed by atoms with Gasteiger partial charge in [-0.25, -0.2) is 0 Å². The Morgan fingerprint density at radius 1 is 1.29 bits per heavy atom. The maximum absolute atomic E-state index is 8.96. The van der Waals surface area contributed by atoms with Crippen LogP contribution in [-0.2, 0) is 4.74 Å². The first kappa shape index (κ1) is 14.9. The number of rotatable bonds is 6. The highest BCUT2D eigenvalue weighted by atomic mass is 16.5. The lowest BCUT2D eigenvalue weighted by atomic mass is 9.95. The lowest BCUT2D eigenvalue weighted by Crippen LogP contribution is -2.40. The molecule has 1 saturated heterocycles. The van der Waals surface area contributed by atoms with Crippen LogP contribution in [0.1, 0.15) is 46.5 Å². The van der Waals surface area contributed by atoms with E-state index in [0.29, 0.717) is 11.5 Å². The molecule has 0 bridgehead atoms. The fourth-order valence-electron chi connectivity index (χ4n) is 2.44. The van der Waals surface area contributed by atoms with E-state index in [1.165, 1.54) is 19.3 Å². The van der Waals surface area contributed by atoms with Crippen molar-refractivity contribution in [3.8, 4) is 0 Å². The van der Waals surface area contributed by atoms with Crippen LogP contribution in [0, 0.1) is 5.41 Å². The molecule has 1 rings (SSSR count). The monoisotopic (exact) mass is 243 g/mol. The van der Waals surface area contributed by atoms with Gasteiger partial charge in [0.05, 0.1) is 6.10 Å². The van der Waals surface area contributed by atoms with Gasteiger partial charge in [0.15, 0.2) is 0 Å². The first-order valence-corrected chi connectivity index (χ1v) is 6.96. The molecule has 1 aliphatic rings. The molecule has 1 aliphatic heterocycles. The van der Waals surface area contributed by atoms with Crippen molar-refractivity contribution in [3.05, 3.63) is 0 Å². The fourth-order valence-corrected chi connectivity index (χ4v) is 2.44. The van der Waals surface area contributed by atoms with Crippen LogP contribution in [0.2, 0.25) is 0 Å². The van der Waals surface area contributed by atoms with Gasteiger partial charge in [-0.3, -0.25) is 0 Å². The van der Waals surface area contributed by atoms with Gasteiger partial charge >= 0.3 is 0 Å². The summed E-state index contributed by atoms with van der Waals surface area (Å²) in [6.45, 7) is 11.1. The molecule has 3 nitrogen and oxygen atoms in total. The van der Waals surface area contributed by atoms with Crippen molar-refractivity contribution in [1.29, 1.82) is 0 Å². The predicted octanol–water partition coefficient (Wildman–Crippen LogP) is 2.29. The molecular weight excluding hydrogens is 214 g/mol. The molecule has 0 saturated carbocycles. The summed E-state index contributed by atoms with van der Waals surface area (Å²) in [5.74, 6) is 0. The summed E-state index contributed by atoms with van der Waals surface area (Å²) in [4.78, 5) is 2.45. The van der Waals surface area contributed by atoms with Crippen molar-refractivity contribution in [3.63, 3.8) is 0 Å². The lowest BCUT2D eigenvalue weighted by molar-refractivity contribution is -0.0115. The molecule has 1 heterocycles. The van der Waals surface area contributed by atoms with Gasteiger partial charge in [0, 0.05) is 32.8 Å². The number of hydrogen-bond acceptors (Lipinski definition) is 3. The lowest BCUT2D eigenvalue weighted by Gasteiger charge is -2.34. The highest BCUT2D eigenvalue weighted by Gasteiger charge is 2.21. The van der Waals surface area contributed by atoms with Gasteiger partial charge in [0.1, 0.15) is 0 Å². The molecule has 1 fully saturated rings. The van der Waals surface area contributed by atoms with Crippen LogP contribution in [0.5, 0.6) is 0 Å². The van der Waals surface area contributed by atoms with E-state index < -0.39 is 0 Å². The molecule has 0 radical (unpaired) electrons. The molecule has 0 aliphatic carbocycles. The summed E-state index contributed by atoms with van der Waals surface area (Å²) in [5, 5.41) is 8.96. The quantitative estimate of drug-likeness (QED) is 0.777. The SMILES string of the molecule is CC(C)(C)CN(CCCO)CC1CCCCO1. The highest BCUT2D eigenvalue weighted by molar-refractivity contribution is 4.74. The zero-order valence-electron chi connectivity index (χ0n) is 11.7. The smallest absolute Gasteiger partial charge is 0.0702 e. The van der Waals surface area contributed by atoms with Gasteiger partial charge in [0.25, 0.3) is 0 Å².